The van der Waals surface area contributed by atoms with Gasteiger partial charge in [0.15, 0.2) is 0 Å². The summed E-state index contributed by atoms with van der Waals surface area (Å²) in [6, 6.07) is 1.22. The highest BCUT2D eigenvalue weighted by molar-refractivity contribution is 5.87. The summed E-state index contributed by atoms with van der Waals surface area (Å²) in [5, 5.41) is 19.6. The Bertz CT molecular complexity index is 432. The largest absolute Gasteiger partial charge is 0.477 e. The molecule has 0 unspecified atom stereocenters. The Morgan fingerprint density at radius 2 is 2.12 bits per heavy atom. The van der Waals surface area contributed by atoms with Gasteiger partial charge in [0, 0.05) is 12.1 Å². The number of carboxylic acid groups (broad SMARTS) is 1. The molecule has 0 amide bonds. The van der Waals surface area contributed by atoms with Crippen LogP contribution in [0.2, 0.25) is 0 Å². The van der Waals surface area contributed by atoms with Crippen molar-refractivity contribution in [2.45, 2.75) is 31.7 Å². The average Bonchev–Trinajstić information content (AvgIpc) is 2.86. The van der Waals surface area contributed by atoms with E-state index in [1.54, 1.807) is 0 Å². The highest BCUT2D eigenvalue weighted by Crippen LogP contribution is 2.32. The lowest BCUT2D eigenvalue weighted by molar-refractivity contribution is -0.384. The molecule has 6 nitrogen and oxygen atoms in total. The van der Waals surface area contributed by atoms with E-state index in [1.165, 1.54) is 10.8 Å². The lowest BCUT2D eigenvalue weighted by atomic mass is 10.2. The van der Waals surface area contributed by atoms with Crippen molar-refractivity contribution in [3.8, 4) is 0 Å². The van der Waals surface area contributed by atoms with Gasteiger partial charge in [-0.05, 0) is 12.8 Å². The normalized spacial score (nSPS) is 16.5. The van der Waals surface area contributed by atoms with Gasteiger partial charge in [0.1, 0.15) is 5.69 Å². The minimum Gasteiger partial charge on any atom is -0.477 e. The zero-order valence-electron chi connectivity index (χ0n) is 8.63. The molecule has 1 heterocycles. The summed E-state index contributed by atoms with van der Waals surface area (Å²) in [6.07, 6.45) is 5.23. The summed E-state index contributed by atoms with van der Waals surface area (Å²) < 4.78 is 1.54. The average molecular weight is 224 g/mol. The first kappa shape index (κ1) is 10.7. The maximum absolute atomic E-state index is 11.0. The zero-order chi connectivity index (χ0) is 11.7. The van der Waals surface area contributed by atoms with Gasteiger partial charge in [0.25, 0.3) is 5.69 Å². The molecular weight excluding hydrogens is 212 g/mol. The van der Waals surface area contributed by atoms with Gasteiger partial charge in [-0.15, -0.1) is 0 Å². The number of carboxylic acids is 1. The van der Waals surface area contributed by atoms with Gasteiger partial charge in [-0.3, -0.25) is 10.1 Å². The second-order valence-electron chi connectivity index (χ2n) is 3.99. The predicted octanol–water partition coefficient (Wildman–Crippen LogP) is 2.21. The number of nitrogens with zero attached hydrogens (tertiary/aromatic N) is 2. The van der Waals surface area contributed by atoms with E-state index in [0.717, 1.165) is 31.7 Å². The Labute approximate surface area is 91.6 Å². The van der Waals surface area contributed by atoms with Crippen LogP contribution in [0, 0.1) is 10.1 Å². The molecule has 1 aromatic rings. The van der Waals surface area contributed by atoms with Gasteiger partial charge in [-0.2, -0.15) is 0 Å². The van der Waals surface area contributed by atoms with E-state index in [0.29, 0.717) is 0 Å². The van der Waals surface area contributed by atoms with Crippen LogP contribution in [-0.2, 0) is 0 Å². The molecule has 0 saturated heterocycles. The summed E-state index contributed by atoms with van der Waals surface area (Å²) in [5.74, 6) is -1.11. The third-order valence-electron chi connectivity index (χ3n) is 2.98. The van der Waals surface area contributed by atoms with Crippen molar-refractivity contribution in [3.63, 3.8) is 0 Å². The van der Waals surface area contributed by atoms with Gasteiger partial charge in [0.05, 0.1) is 11.1 Å². The smallest absolute Gasteiger partial charge is 0.352 e. The van der Waals surface area contributed by atoms with Gasteiger partial charge in [0.2, 0.25) is 0 Å². The van der Waals surface area contributed by atoms with Gasteiger partial charge < -0.3 is 9.67 Å². The minimum atomic E-state index is -1.11. The molecule has 1 aliphatic rings. The van der Waals surface area contributed by atoms with Crippen molar-refractivity contribution in [1.29, 1.82) is 0 Å². The van der Waals surface area contributed by atoms with E-state index >= 15 is 0 Å². The predicted molar refractivity (Wildman–Crippen MR) is 55.6 cm³/mol. The van der Waals surface area contributed by atoms with Crippen LogP contribution in [-0.4, -0.2) is 20.6 Å². The monoisotopic (exact) mass is 224 g/mol. The van der Waals surface area contributed by atoms with E-state index in [1.807, 2.05) is 0 Å². The first-order valence-electron chi connectivity index (χ1n) is 5.19. The van der Waals surface area contributed by atoms with Crippen LogP contribution >= 0.6 is 0 Å². The van der Waals surface area contributed by atoms with Crippen molar-refractivity contribution >= 4 is 11.7 Å². The van der Waals surface area contributed by atoms with E-state index in [-0.39, 0.29) is 17.4 Å². The van der Waals surface area contributed by atoms with Crippen LogP contribution < -0.4 is 0 Å². The Hall–Kier alpha value is -1.85. The highest BCUT2D eigenvalue weighted by atomic mass is 16.6. The Morgan fingerprint density at radius 3 is 2.62 bits per heavy atom. The standard InChI is InChI=1S/C10H12N2O4/c13-10(14)9-5-8(12(15)16)6-11(9)7-3-1-2-4-7/h5-7H,1-4H2,(H,13,14). The van der Waals surface area contributed by atoms with Crippen LogP contribution in [0.1, 0.15) is 42.2 Å². The third kappa shape index (κ3) is 1.78. The molecule has 6 heteroatoms. The molecule has 2 rings (SSSR count). The van der Waals surface area contributed by atoms with E-state index < -0.39 is 10.9 Å². The van der Waals surface area contributed by atoms with E-state index in [2.05, 4.69) is 0 Å². The number of aromatic carboxylic acids is 1. The van der Waals surface area contributed by atoms with Crippen LogP contribution in [0.4, 0.5) is 5.69 Å². The molecule has 16 heavy (non-hydrogen) atoms. The molecule has 86 valence electrons. The zero-order valence-corrected chi connectivity index (χ0v) is 8.63. The van der Waals surface area contributed by atoms with Crippen molar-refractivity contribution in [1.82, 2.24) is 4.57 Å². The van der Waals surface area contributed by atoms with Gasteiger partial charge in [-0.25, -0.2) is 4.79 Å². The summed E-state index contributed by atoms with van der Waals surface area (Å²) in [6.45, 7) is 0. The molecule has 1 aliphatic carbocycles. The number of carbonyl (C=O) groups is 1. The van der Waals surface area contributed by atoms with Crippen molar-refractivity contribution < 1.29 is 14.8 Å². The second kappa shape index (κ2) is 3.96. The SMILES string of the molecule is O=C(O)c1cc([N+](=O)[O-])cn1C1CCCC1. The van der Waals surface area contributed by atoms with Crippen LogP contribution in [0.5, 0.6) is 0 Å². The summed E-state index contributed by atoms with van der Waals surface area (Å²) in [4.78, 5) is 21.0. The molecule has 1 saturated carbocycles. The van der Waals surface area contributed by atoms with Gasteiger partial charge >= 0.3 is 5.97 Å². The fraction of sp³-hybridized carbons (Fsp3) is 0.500. The van der Waals surface area contributed by atoms with E-state index in [9.17, 15) is 14.9 Å². The lowest BCUT2D eigenvalue weighted by Gasteiger charge is -2.12. The Balaban J connectivity index is 2.40. The number of aromatic nitrogens is 1. The molecule has 0 aliphatic heterocycles. The number of nitro groups is 1. The quantitative estimate of drug-likeness (QED) is 0.630. The number of hydrogen-bond donors (Lipinski definition) is 1. The molecule has 0 radical (unpaired) electrons. The fourth-order valence-electron chi connectivity index (χ4n) is 2.22. The molecule has 1 fully saturated rings. The highest BCUT2D eigenvalue weighted by Gasteiger charge is 2.25. The summed E-state index contributed by atoms with van der Waals surface area (Å²) in [5.41, 5.74) is -0.136. The van der Waals surface area contributed by atoms with Crippen LogP contribution in [0.3, 0.4) is 0 Å². The minimum absolute atomic E-state index is 0.0126. The topological polar surface area (TPSA) is 85.4 Å². The molecular formula is C10H12N2O4. The lowest BCUT2D eigenvalue weighted by Crippen LogP contribution is -2.11. The van der Waals surface area contributed by atoms with E-state index in [4.69, 9.17) is 5.11 Å². The van der Waals surface area contributed by atoms with Crippen LogP contribution in [0.25, 0.3) is 0 Å². The molecule has 0 atom stereocenters. The van der Waals surface area contributed by atoms with Crippen LogP contribution in [0.15, 0.2) is 12.3 Å². The van der Waals surface area contributed by atoms with Gasteiger partial charge in [-0.1, -0.05) is 12.8 Å². The fourth-order valence-corrected chi connectivity index (χ4v) is 2.22. The first-order valence-corrected chi connectivity index (χ1v) is 5.19. The molecule has 1 N–H and O–H groups in total. The molecule has 0 aromatic carbocycles. The summed E-state index contributed by atoms with van der Waals surface area (Å²) in [7, 11) is 0. The maximum Gasteiger partial charge on any atom is 0.352 e. The first-order chi connectivity index (χ1) is 7.59. The number of rotatable bonds is 3. The third-order valence-corrected chi connectivity index (χ3v) is 2.98. The second-order valence-corrected chi connectivity index (χ2v) is 3.99. The van der Waals surface area contributed by atoms with Crippen molar-refractivity contribution in [3.05, 3.63) is 28.1 Å². The molecule has 1 aromatic heterocycles. The molecule has 0 bridgehead atoms. The summed E-state index contributed by atoms with van der Waals surface area (Å²) >= 11 is 0. The van der Waals surface area contributed by atoms with Crippen molar-refractivity contribution in [2.75, 3.05) is 0 Å². The maximum atomic E-state index is 11.0. The Kier molecular flexibility index (Phi) is 2.64. The Morgan fingerprint density at radius 1 is 1.50 bits per heavy atom. The molecule has 0 spiro atoms. The van der Waals surface area contributed by atoms with Crippen molar-refractivity contribution in [2.24, 2.45) is 0 Å². The number of hydrogen-bond acceptors (Lipinski definition) is 3.